The van der Waals surface area contributed by atoms with Crippen molar-refractivity contribution >= 4 is 18.0 Å². The summed E-state index contributed by atoms with van der Waals surface area (Å²) >= 11 is 0. The molecule has 0 amide bonds. The van der Waals surface area contributed by atoms with Gasteiger partial charge in [-0.1, -0.05) is 19.6 Å². The van der Waals surface area contributed by atoms with Gasteiger partial charge in [0.25, 0.3) is 5.88 Å². The van der Waals surface area contributed by atoms with Crippen LogP contribution in [0.3, 0.4) is 0 Å². The summed E-state index contributed by atoms with van der Waals surface area (Å²) in [5, 5.41) is 9.51. The number of aliphatic hydroxyl groups is 1. The minimum absolute atomic E-state index is 0.0302. The molecule has 1 heterocycles. The smallest absolute Gasteiger partial charge is 0.311 e. The summed E-state index contributed by atoms with van der Waals surface area (Å²) in [7, 11) is 1.30. The van der Waals surface area contributed by atoms with Crippen LogP contribution in [0.1, 0.15) is 46.5 Å². The number of esters is 1. The summed E-state index contributed by atoms with van der Waals surface area (Å²) in [4.78, 5) is 29.0. The first-order valence-corrected chi connectivity index (χ1v) is 9.94. The van der Waals surface area contributed by atoms with E-state index in [-0.39, 0.29) is 36.2 Å². The zero-order valence-electron chi connectivity index (χ0n) is 17.2. The fourth-order valence-corrected chi connectivity index (χ4v) is 3.81. The molecule has 1 aliphatic heterocycles. The molecule has 1 saturated carbocycles. The molecule has 0 saturated heterocycles. The monoisotopic (exact) mass is 389 g/mol. The van der Waals surface area contributed by atoms with Crippen LogP contribution < -0.4 is 0 Å². The summed E-state index contributed by atoms with van der Waals surface area (Å²) in [5.41, 5.74) is 4.08. The molecule has 0 spiro atoms. The van der Waals surface area contributed by atoms with Crippen LogP contribution in [-0.4, -0.2) is 42.9 Å². The summed E-state index contributed by atoms with van der Waals surface area (Å²) in [5.74, 6) is -1.13. The number of nitrogens with zero attached hydrogens (tertiary/aromatic N) is 1. The average molecular weight is 389 g/mol. The first-order valence-electron chi connectivity index (χ1n) is 9.94. The highest BCUT2D eigenvalue weighted by Crippen LogP contribution is 2.33. The highest BCUT2D eigenvalue weighted by molar-refractivity contribution is 5.84. The van der Waals surface area contributed by atoms with Gasteiger partial charge in [0.15, 0.2) is 0 Å². The van der Waals surface area contributed by atoms with Gasteiger partial charge in [-0.2, -0.15) is 0 Å². The second-order valence-electron chi connectivity index (χ2n) is 7.70. The molecule has 6 heteroatoms. The maximum absolute atomic E-state index is 12.9. The number of ketones is 1. The van der Waals surface area contributed by atoms with Crippen molar-refractivity contribution in [3.8, 4) is 0 Å². The fraction of sp³-hybridized carbons (Fsp3) is 0.636. The van der Waals surface area contributed by atoms with Gasteiger partial charge in [0.2, 0.25) is 0 Å². The highest BCUT2D eigenvalue weighted by Gasteiger charge is 2.36. The van der Waals surface area contributed by atoms with E-state index in [1.165, 1.54) is 7.11 Å². The topological polar surface area (TPSA) is 85.2 Å². The molecule has 6 nitrogen and oxygen atoms in total. The molecule has 2 aliphatic rings. The molecule has 3 atom stereocenters. The molecule has 2 rings (SSSR count). The van der Waals surface area contributed by atoms with Gasteiger partial charge >= 0.3 is 5.97 Å². The van der Waals surface area contributed by atoms with Gasteiger partial charge < -0.3 is 14.6 Å². The van der Waals surface area contributed by atoms with Gasteiger partial charge in [-0.25, -0.2) is 4.99 Å². The van der Waals surface area contributed by atoms with Crippen LogP contribution in [0.4, 0.5) is 0 Å². The maximum Gasteiger partial charge on any atom is 0.311 e. The Morgan fingerprint density at radius 1 is 1.29 bits per heavy atom. The minimum Gasteiger partial charge on any atom is -0.469 e. The Morgan fingerprint density at radius 3 is 2.57 bits per heavy atom. The molecular formula is C22H31NO5. The van der Waals surface area contributed by atoms with Crippen LogP contribution in [0.2, 0.25) is 0 Å². The zero-order valence-corrected chi connectivity index (χ0v) is 17.2. The molecule has 0 aromatic rings. The molecule has 0 bridgehead atoms. The lowest BCUT2D eigenvalue weighted by atomic mass is 9.74. The van der Waals surface area contributed by atoms with E-state index in [9.17, 15) is 14.7 Å². The van der Waals surface area contributed by atoms with E-state index in [1.807, 2.05) is 32.9 Å². The number of hydrogen-bond acceptors (Lipinski definition) is 6. The Hall–Kier alpha value is -2.17. The molecule has 1 fully saturated rings. The predicted molar refractivity (Wildman–Crippen MR) is 107 cm³/mol. The van der Waals surface area contributed by atoms with E-state index in [0.717, 1.165) is 31.3 Å². The number of Topliss-reactive ketones (excluding diaryl/α,β-unsaturated/α-hetero) is 1. The predicted octanol–water partition coefficient (Wildman–Crippen LogP) is 3.21. The molecule has 28 heavy (non-hydrogen) atoms. The quantitative estimate of drug-likeness (QED) is 0.509. The van der Waals surface area contributed by atoms with Crippen LogP contribution in [0.25, 0.3) is 0 Å². The van der Waals surface area contributed by atoms with E-state index in [4.69, 9.17) is 9.47 Å². The Bertz CT molecular complexity index is 694. The Kier molecular flexibility index (Phi) is 8.21. The number of aliphatic hydroxyl groups excluding tert-OH is 1. The third-order valence-electron chi connectivity index (χ3n) is 5.86. The summed E-state index contributed by atoms with van der Waals surface area (Å²) < 4.78 is 10.7. The molecule has 0 aromatic carbocycles. The lowest BCUT2D eigenvalue weighted by Crippen LogP contribution is -2.37. The largest absolute Gasteiger partial charge is 0.469 e. The first kappa shape index (κ1) is 22.1. The number of carbonyl (C=O) groups excluding carboxylic acids is 2. The van der Waals surface area contributed by atoms with Gasteiger partial charge in [-0.15, -0.1) is 0 Å². The van der Waals surface area contributed by atoms with Crippen LogP contribution in [-0.2, 0) is 19.1 Å². The number of carbonyl (C=O) groups is 2. The Labute approximate surface area is 167 Å². The second-order valence-corrected chi connectivity index (χ2v) is 7.70. The van der Waals surface area contributed by atoms with Crippen molar-refractivity contribution in [3.63, 3.8) is 0 Å². The van der Waals surface area contributed by atoms with Crippen molar-refractivity contribution in [1.29, 1.82) is 0 Å². The van der Waals surface area contributed by atoms with E-state index in [0.29, 0.717) is 5.88 Å². The van der Waals surface area contributed by atoms with Gasteiger partial charge in [0, 0.05) is 18.1 Å². The van der Waals surface area contributed by atoms with E-state index in [2.05, 4.69) is 10.7 Å². The number of rotatable bonds is 8. The molecule has 3 unspecified atom stereocenters. The number of methoxy groups -OCH3 is 1. The van der Waals surface area contributed by atoms with Crippen LogP contribution >= 0.6 is 0 Å². The van der Waals surface area contributed by atoms with Gasteiger partial charge in [-0.3, -0.25) is 9.59 Å². The zero-order chi connectivity index (χ0) is 20.7. The van der Waals surface area contributed by atoms with Crippen LogP contribution in [0, 0.1) is 23.7 Å². The third kappa shape index (κ3) is 5.66. The Balaban J connectivity index is 1.90. The van der Waals surface area contributed by atoms with Gasteiger partial charge in [-0.05, 0) is 56.3 Å². The number of hydrogen-bond donors (Lipinski definition) is 1. The molecular weight excluding hydrogens is 358 g/mol. The summed E-state index contributed by atoms with van der Waals surface area (Å²) in [6, 6.07) is 0. The van der Waals surface area contributed by atoms with Gasteiger partial charge in [0.05, 0.1) is 19.6 Å². The van der Waals surface area contributed by atoms with Crippen molar-refractivity contribution in [2.45, 2.75) is 52.6 Å². The lowest BCUT2D eigenvalue weighted by Gasteiger charge is -2.32. The highest BCUT2D eigenvalue weighted by atomic mass is 16.5. The standard InChI is InChI=1S/C22H31NO5/c1-14-6-5-11-23-20(12-14)28-18-9-7-17(8-10-18)21(25)16(3)15(2)19(13-24)22(26)27-4/h5-6,11,15-19,24H,7-10,13H2,1-4H3. The van der Waals surface area contributed by atoms with Crippen molar-refractivity contribution in [2.75, 3.05) is 13.7 Å². The van der Waals surface area contributed by atoms with E-state index >= 15 is 0 Å². The third-order valence-corrected chi connectivity index (χ3v) is 5.86. The van der Waals surface area contributed by atoms with Crippen molar-refractivity contribution < 1.29 is 24.2 Å². The minimum atomic E-state index is -0.674. The Morgan fingerprint density at radius 2 is 1.96 bits per heavy atom. The molecule has 154 valence electrons. The number of aliphatic imine (C=N–C) groups is 1. The van der Waals surface area contributed by atoms with Crippen molar-refractivity contribution in [1.82, 2.24) is 0 Å². The maximum atomic E-state index is 12.9. The SMILES string of the molecule is COC(=O)C(CO)C(C)C(C)C(=O)C1CCC(OC2=C=C(C)C=CC=N2)CC1. The van der Waals surface area contributed by atoms with Crippen molar-refractivity contribution in [3.05, 3.63) is 29.3 Å². The number of allylic oxidation sites excluding steroid dienone is 3. The second kappa shape index (κ2) is 10.4. The summed E-state index contributed by atoms with van der Waals surface area (Å²) in [6.45, 7) is 5.30. The van der Waals surface area contributed by atoms with Gasteiger partial charge in [0.1, 0.15) is 11.9 Å². The van der Waals surface area contributed by atoms with Crippen LogP contribution in [0.5, 0.6) is 0 Å². The summed E-state index contributed by atoms with van der Waals surface area (Å²) in [6.07, 6.45) is 8.56. The molecule has 0 radical (unpaired) electrons. The fourth-order valence-electron chi connectivity index (χ4n) is 3.81. The number of ether oxygens (including phenoxy) is 2. The van der Waals surface area contributed by atoms with Crippen molar-refractivity contribution in [2.24, 2.45) is 28.7 Å². The molecule has 0 aromatic heterocycles. The van der Waals surface area contributed by atoms with E-state index in [1.54, 1.807) is 6.21 Å². The molecule has 1 aliphatic carbocycles. The van der Waals surface area contributed by atoms with Crippen LogP contribution in [0.15, 0.2) is 34.3 Å². The first-order chi connectivity index (χ1) is 13.4. The normalized spacial score (nSPS) is 25.0. The van der Waals surface area contributed by atoms with E-state index < -0.39 is 11.9 Å². The molecule has 1 N–H and O–H groups in total. The average Bonchev–Trinajstić information content (AvgIpc) is 2.91. The lowest BCUT2D eigenvalue weighted by molar-refractivity contribution is -0.150.